The minimum Gasteiger partial charge on any atom is -0.329 e. The molecular formula is C17H28N2. The number of nitrogens with one attached hydrogen (secondary N) is 1. The molecule has 0 aliphatic heterocycles. The van der Waals surface area contributed by atoms with Crippen LogP contribution in [0.5, 0.6) is 0 Å². The van der Waals surface area contributed by atoms with Gasteiger partial charge in [0.15, 0.2) is 0 Å². The van der Waals surface area contributed by atoms with Gasteiger partial charge in [-0.2, -0.15) is 0 Å². The Morgan fingerprint density at radius 3 is 2.63 bits per heavy atom. The molecule has 0 heterocycles. The Morgan fingerprint density at radius 1 is 1.26 bits per heavy atom. The first-order valence-electron chi connectivity index (χ1n) is 7.71. The van der Waals surface area contributed by atoms with Crippen molar-refractivity contribution >= 4 is 0 Å². The number of nitrogens with two attached hydrogens (primary N) is 1. The highest BCUT2D eigenvalue weighted by Gasteiger charge is 2.23. The van der Waals surface area contributed by atoms with E-state index in [2.05, 4.69) is 42.6 Å². The third kappa shape index (κ3) is 5.33. The number of hydrogen-bond acceptors (Lipinski definition) is 2. The molecule has 1 aliphatic rings. The van der Waals surface area contributed by atoms with Crippen LogP contribution in [0.3, 0.4) is 0 Å². The fourth-order valence-corrected chi connectivity index (χ4v) is 2.51. The summed E-state index contributed by atoms with van der Waals surface area (Å²) in [4.78, 5) is 0. The van der Waals surface area contributed by atoms with Crippen molar-refractivity contribution in [3.05, 3.63) is 35.9 Å². The standard InChI is InChI=1S/C17H28N2/c1-17(14-18,19-13-5-8-16-9-10-16)12-11-15-6-3-2-4-7-15/h2-4,6-7,16,19H,5,8-14,18H2,1H3. The van der Waals surface area contributed by atoms with Gasteiger partial charge in [-0.15, -0.1) is 0 Å². The van der Waals surface area contributed by atoms with E-state index in [-0.39, 0.29) is 5.54 Å². The van der Waals surface area contributed by atoms with Crippen LogP contribution in [0.2, 0.25) is 0 Å². The number of rotatable bonds is 9. The van der Waals surface area contributed by atoms with Crippen LogP contribution in [-0.2, 0) is 6.42 Å². The van der Waals surface area contributed by atoms with E-state index in [0.29, 0.717) is 6.54 Å². The van der Waals surface area contributed by atoms with Crippen LogP contribution < -0.4 is 11.1 Å². The lowest BCUT2D eigenvalue weighted by Crippen LogP contribution is -2.49. The van der Waals surface area contributed by atoms with Gasteiger partial charge in [-0.25, -0.2) is 0 Å². The largest absolute Gasteiger partial charge is 0.329 e. The van der Waals surface area contributed by atoms with Crippen LogP contribution in [0.15, 0.2) is 30.3 Å². The fraction of sp³-hybridized carbons (Fsp3) is 0.647. The quantitative estimate of drug-likeness (QED) is 0.670. The molecule has 3 N–H and O–H groups in total. The lowest BCUT2D eigenvalue weighted by molar-refractivity contribution is 0.335. The number of aryl methyl sites for hydroxylation is 1. The summed E-state index contributed by atoms with van der Waals surface area (Å²) in [5, 5.41) is 3.67. The molecule has 0 amide bonds. The van der Waals surface area contributed by atoms with E-state index >= 15 is 0 Å². The van der Waals surface area contributed by atoms with Gasteiger partial charge < -0.3 is 11.1 Å². The Bertz CT molecular complexity index is 359. The van der Waals surface area contributed by atoms with Gasteiger partial charge in [0, 0.05) is 12.1 Å². The van der Waals surface area contributed by atoms with Crippen molar-refractivity contribution in [3.8, 4) is 0 Å². The van der Waals surface area contributed by atoms with E-state index < -0.39 is 0 Å². The molecule has 1 saturated carbocycles. The maximum Gasteiger partial charge on any atom is 0.0278 e. The van der Waals surface area contributed by atoms with Crippen LogP contribution >= 0.6 is 0 Å². The van der Waals surface area contributed by atoms with Gasteiger partial charge in [0.25, 0.3) is 0 Å². The Hall–Kier alpha value is -0.860. The molecule has 0 bridgehead atoms. The molecule has 1 aromatic carbocycles. The Balaban J connectivity index is 1.69. The summed E-state index contributed by atoms with van der Waals surface area (Å²) in [6.45, 7) is 4.08. The summed E-state index contributed by atoms with van der Waals surface area (Å²) in [5.74, 6) is 1.04. The lowest BCUT2D eigenvalue weighted by atomic mass is 9.93. The summed E-state index contributed by atoms with van der Waals surface area (Å²) in [6.07, 6.45) is 7.82. The molecule has 1 unspecified atom stereocenters. The molecule has 1 atom stereocenters. The Labute approximate surface area is 117 Å². The van der Waals surface area contributed by atoms with Crippen molar-refractivity contribution in [2.24, 2.45) is 11.7 Å². The molecule has 19 heavy (non-hydrogen) atoms. The van der Waals surface area contributed by atoms with Crippen molar-refractivity contribution in [1.82, 2.24) is 5.32 Å². The molecule has 0 spiro atoms. The van der Waals surface area contributed by atoms with Crippen LogP contribution in [0.4, 0.5) is 0 Å². The highest BCUT2D eigenvalue weighted by Crippen LogP contribution is 2.33. The molecule has 2 nitrogen and oxygen atoms in total. The summed E-state index contributed by atoms with van der Waals surface area (Å²) < 4.78 is 0. The minimum atomic E-state index is 0.0827. The zero-order valence-corrected chi connectivity index (χ0v) is 12.2. The monoisotopic (exact) mass is 260 g/mol. The molecule has 0 radical (unpaired) electrons. The molecule has 2 rings (SSSR count). The van der Waals surface area contributed by atoms with Crippen molar-refractivity contribution in [2.75, 3.05) is 13.1 Å². The molecule has 0 saturated heterocycles. The van der Waals surface area contributed by atoms with Gasteiger partial charge in [-0.3, -0.25) is 0 Å². The van der Waals surface area contributed by atoms with Gasteiger partial charge in [0.05, 0.1) is 0 Å². The highest BCUT2D eigenvalue weighted by molar-refractivity contribution is 5.15. The second-order valence-electron chi connectivity index (χ2n) is 6.26. The Morgan fingerprint density at radius 2 is 2.00 bits per heavy atom. The first-order valence-corrected chi connectivity index (χ1v) is 7.71. The van der Waals surface area contributed by atoms with Crippen molar-refractivity contribution in [3.63, 3.8) is 0 Å². The topological polar surface area (TPSA) is 38.0 Å². The predicted molar refractivity (Wildman–Crippen MR) is 82.2 cm³/mol. The fourth-order valence-electron chi connectivity index (χ4n) is 2.51. The van der Waals surface area contributed by atoms with E-state index in [4.69, 9.17) is 5.73 Å². The molecule has 0 aromatic heterocycles. The molecule has 2 heteroatoms. The van der Waals surface area contributed by atoms with Gasteiger partial charge >= 0.3 is 0 Å². The average molecular weight is 260 g/mol. The average Bonchev–Trinajstić information content (AvgIpc) is 3.27. The van der Waals surface area contributed by atoms with Crippen LogP contribution in [0.1, 0.15) is 44.6 Å². The lowest BCUT2D eigenvalue weighted by Gasteiger charge is -2.30. The van der Waals surface area contributed by atoms with Crippen LogP contribution in [-0.4, -0.2) is 18.6 Å². The predicted octanol–water partition coefficient (Wildman–Crippen LogP) is 3.12. The summed E-state index contributed by atoms with van der Waals surface area (Å²) in [7, 11) is 0. The van der Waals surface area contributed by atoms with Gasteiger partial charge in [0.2, 0.25) is 0 Å². The second kappa shape index (κ2) is 7.06. The molecule has 1 fully saturated rings. The van der Waals surface area contributed by atoms with Gasteiger partial charge in [-0.1, -0.05) is 43.2 Å². The van der Waals surface area contributed by atoms with Crippen molar-refractivity contribution in [2.45, 2.75) is 51.0 Å². The third-order valence-electron chi connectivity index (χ3n) is 4.30. The van der Waals surface area contributed by atoms with E-state index in [1.54, 1.807) is 0 Å². The zero-order valence-electron chi connectivity index (χ0n) is 12.2. The molecule has 1 aromatic rings. The second-order valence-corrected chi connectivity index (χ2v) is 6.26. The van der Waals surface area contributed by atoms with Gasteiger partial charge in [-0.05, 0) is 50.6 Å². The SMILES string of the molecule is CC(CN)(CCc1ccccc1)NCCCC1CC1. The maximum absolute atomic E-state index is 5.96. The van der Waals surface area contributed by atoms with Crippen LogP contribution in [0, 0.1) is 5.92 Å². The zero-order chi connectivity index (χ0) is 13.6. The Kier molecular flexibility index (Phi) is 5.41. The van der Waals surface area contributed by atoms with Gasteiger partial charge in [0.1, 0.15) is 0 Å². The normalized spacial score (nSPS) is 18.2. The summed E-state index contributed by atoms with van der Waals surface area (Å²) in [6, 6.07) is 10.7. The smallest absolute Gasteiger partial charge is 0.0278 e. The molecule has 1 aliphatic carbocycles. The van der Waals surface area contributed by atoms with Crippen molar-refractivity contribution < 1.29 is 0 Å². The van der Waals surface area contributed by atoms with E-state index in [1.807, 2.05) is 0 Å². The number of hydrogen-bond donors (Lipinski definition) is 2. The number of benzene rings is 1. The summed E-state index contributed by atoms with van der Waals surface area (Å²) >= 11 is 0. The molecular weight excluding hydrogens is 232 g/mol. The maximum atomic E-state index is 5.96. The van der Waals surface area contributed by atoms with Crippen molar-refractivity contribution in [1.29, 1.82) is 0 Å². The first-order chi connectivity index (χ1) is 9.22. The highest BCUT2D eigenvalue weighted by atomic mass is 15.0. The summed E-state index contributed by atoms with van der Waals surface area (Å²) in [5.41, 5.74) is 7.45. The van der Waals surface area contributed by atoms with E-state index in [0.717, 1.165) is 25.3 Å². The van der Waals surface area contributed by atoms with Crippen LogP contribution in [0.25, 0.3) is 0 Å². The third-order valence-corrected chi connectivity index (χ3v) is 4.30. The van der Waals surface area contributed by atoms with E-state index in [9.17, 15) is 0 Å². The molecule has 106 valence electrons. The first kappa shape index (κ1) is 14.5. The minimum absolute atomic E-state index is 0.0827. The van der Waals surface area contributed by atoms with E-state index in [1.165, 1.54) is 31.2 Å².